The quantitative estimate of drug-likeness (QED) is 0.181. The van der Waals surface area contributed by atoms with Gasteiger partial charge in [0.15, 0.2) is 0 Å². The molecule has 0 heterocycles. The van der Waals surface area contributed by atoms with Crippen LogP contribution in [0.25, 0.3) is 0 Å². The minimum absolute atomic E-state index is 0.0993. The summed E-state index contributed by atoms with van der Waals surface area (Å²) in [6.45, 7) is 6.00. The fraction of sp³-hybridized carbons (Fsp3) is 0.333. The number of amides is 2. The van der Waals surface area contributed by atoms with E-state index in [4.69, 9.17) is 34.8 Å². The van der Waals surface area contributed by atoms with Crippen molar-refractivity contribution in [3.63, 3.8) is 0 Å². The fourth-order valence-corrected chi connectivity index (χ4v) is 5.38. The highest BCUT2D eigenvalue weighted by Crippen LogP contribution is 2.26. The van der Waals surface area contributed by atoms with E-state index in [9.17, 15) is 9.59 Å². The zero-order valence-corrected chi connectivity index (χ0v) is 24.9. The lowest BCUT2D eigenvalue weighted by atomic mass is 10.00. The van der Waals surface area contributed by atoms with E-state index in [-0.39, 0.29) is 18.4 Å². The summed E-state index contributed by atoms with van der Waals surface area (Å²) in [7, 11) is 0. The topological polar surface area (TPSA) is 49.4 Å². The summed E-state index contributed by atoms with van der Waals surface area (Å²) in [6.07, 6.45) is 1.36. The predicted molar refractivity (Wildman–Crippen MR) is 160 cm³/mol. The first-order valence-electron chi connectivity index (χ1n) is 12.5. The molecule has 3 aromatic rings. The second kappa shape index (κ2) is 14.3. The number of benzene rings is 3. The van der Waals surface area contributed by atoms with E-state index in [1.165, 1.54) is 0 Å². The molecule has 8 heteroatoms. The lowest BCUT2D eigenvalue weighted by Gasteiger charge is -2.34. The molecule has 0 bridgehead atoms. The van der Waals surface area contributed by atoms with Crippen LogP contribution in [0.1, 0.15) is 44.7 Å². The summed E-state index contributed by atoms with van der Waals surface area (Å²) < 4.78 is 0. The Labute approximate surface area is 245 Å². The van der Waals surface area contributed by atoms with Crippen LogP contribution < -0.4 is 5.32 Å². The molecule has 0 fully saturated rings. The van der Waals surface area contributed by atoms with Crippen molar-refractivity contribution < 1.29 is 9.59 Å². The van der Waals surface area contributed by atoms with Crippen LogP contribution in [0.2, 0.25) is 15.1 Å². The standard InChI is InChI=1S/C30H33Cl3N2O2S/c1-30(2,3)34-29(37)27(18-21-8-5-4-6-9-21)35(20-22-11-12-24(32)19-26(22)33)28(36)10-7-17-38-25-15-13-23(31)14-16-25/h4-6,8-9,11-16,19,27H,7,10,17-18,20H2,1-3H3,(H,34,37). The molecule has 0 saturated heterocycles. The molecule has 0 aromatic heterocycles. The van der Waals surface area contributed by atoms with Crippen LogP contribution in [0.4, 0.5) is 0 Å². The van der Waals surface area contributed by atoms with Gasteiger partial charge in [0.1, 0.15) is 6.04 Å². The lowest BCUT2D eigenvalue weighted by Crippen LogP contribution is -2.54. The number of carbonyl (C=O) groups is 2. The molecule has 4 nitrogen and oxygen atoms in total. The average Bonchev–Trinajstić information content (AvgIpc) is 2.85. The molecule has 3 aromatic carbocycles. The van der Waals surface area contributed by atoms with E-state index in [1.807, 2.05) is 81.4 Å². The van der Waals surface area contributed by atoms with Crippen LogP contribution >= 0.6 is 46.6 Å². The minimum Gasteiger partial charge on any atom is -0.350 e. The second-order valence-electron chi connectivity index (χ2n) is 10.1. The SMILES string of the molecule is CC(C)(C)NC(=O)C(Cc1ccccc1)N(Cc1ccc(Cl)cc1Cl)C(=O)CCCSc1ccc(Cl)cc1. The van der Waals surface area contributed by atoms with Gasteiger partial charge in [-0.2, -0.15) is 0 Å². The van der Waals surface area contributed by atoms with Crippen LogP contribution in [0.3, 0.4) is 0 Å². The van der Waals surface area contributed by atoms with E-state index >= 15 is 0 Å². The first-order valence-corrected chi connectivity index (χ1v) is 14.6. The first kappa shape index (κ1) is 30.4. The van der Waals surface area contributed by atoms with Crippen LogP contribution in [-0.2, 0) is 22.6 Å². The third kappa shape index (κ3) is 9.85. The van der Waals surface area contributed by atoms with E-state index in [2.05, 4.69) is 5.32 Å². The van der Waals surface area contributed by atoms with Crippen molar-refractivity contribution in [1.82, 2.24) is 10.2 Å². The Bertz CT molecular complexity index is 1210. The second-order valence-corrected chi connectivity index (χ2v) is 12.6. The maximum atomic E-state index is 13.7. The molecule has 0 aliphatic rings. The van der Waals surface area contributed by atoms with Crippen LogP contribution in [-0.4, -0.2) is 34.0 Å². The Hall–Kier alpha value is -2.18. The molecule has 2 amide bonds. The summed E-state index contributed by atoms with van der Waals surface area (Å²) in [5.74, 6) is 0.466. The van der Waals surface area contributed by atoms with Crippen molar-refractivity contribution >= 4 is 58.4 Å². The summed E-state index contributed by atoms with van der Waals surface area (Å²) in [5.41, 5.74) is 1.26. The summed E-state index contributed by atoms with van der Waals surface area (Å²) in [5, 5.41) is 4.75. The molecule has 0 aliphatic heterocycles. The molecule has 0 saturated carbocycles. The summed E-state index contributed by atoms with van der Waals surface area (Å²) in [4.78, 5) is 30.1. The first-order chi connectivity index (χ1) is 18.0. The van der Waals surface area contributed by atoms with E-state index < -0.39 is 11.6 Å². The number of nitrogens with zero attached hydrogens (tertiary/aromatic N) is 1. The van der Waals surface area contributed by atoms with Crippen LogP contribution in [0.5, 0.6) is 0 Å². The van der Waals surface area contributed by atoms with E-state index in [1.54, 1.807) is 28.8 Å². The average molecular weight is 592 g/mol. The van der Waals surface area contributed by atoms with Gasteiger partial charge in [0, 0.05) is 44.9 Å². The predicted octanol–water partition coefficient (Wildman–Crippen LogP) is 8.07. The Kier molecular flexibility index (Phi) is 11.4. The highest BCUT2D eigenvalue weighted by atomic mass is 35.5. The molecule has 0 spiro atoms. The zero-order valence-electron chi connectivity index (χ0n) is 21.8. The van der Waals surface area contributed by atoms with Gasteiger partial charge < -0.3 is 10.2 Å². The maximum absolute atomic E-state index is 13.7. The largest absolute Gasteiger partial charge is 0.350 e. The molecular formula is C30H33Cl3N2O2S. The highest BCUT2D eigenvalue weighted by molar-refractivity contribution is 7.99. The number of halogens is 3. The normalized spacial score (nSPS) is 12.2. The molecular weight excluding hydrogens is 559 g/mol. The monoisotopic (exact) mass is 590 g/mol. The Morgan fingerprint density at radius 1 is 0.921 bits per heavy atom. The molecule has 38 heavy (non-hydrogen) atoms. The molecule has 1 atom stereocenters. The number of hydrogen-bond acceptors (Lipinski definition) is 3. The maximum Gasteiger partial charge on any atom is 0.243 e. The van der Waals surface area contributed by atoms with E-state index in [0.29, 0.717) is 34.3 Å². The highest BCUT2D eigenvalue weighted by Gasteiger charge is 2.32. The van der Waals surface area contributed by atoms with Gasteiger partial charge in [-0.15, -0.1) is 11.8 Å². The Balaban J connectivity index is 1.84. The lowest BCUT2D eigenvalue weighted by molar-refractivity contribution is -0.142. The zero-order chi connectivity index (χ0) is 27.7. The summed E-state index contributed by atoms with van der Waals surface area (Å²) in [6, 6.07) is 21.9. The molecule has 202 valence electrons. The Morgan fingerprint density at radius 3 is 2.21 bits per heavy atom. The van der Waals surface area contributed by atoms with Crippen molar-refractivity contribution in [1.29, 1.82) is 0 Å². The van der Waals surface area contributed by atoms with Gasteiger partial charge in [-0.3, -0.25) is 9.59 Å². The van der Waals surface area contributed by atoms with Crippen LogP contribution in [0, 0.1) is 0 Å². The van der Waals surface area contributed by atoms with Crippen molar-refractivity contribution in [3.05, 3.63) is 99.0 Å². The fourth-order valence-electron chi connectivity index (χ4n) is 3.93. The Morgan fingerprint density at radius 2 is 1.58 bits per heavy atom. The number of thioether (sulfide) groups is 1. The van der Waals surface area contributed by atoms with Gasteiger partial charge in [-0.05, 0) is 80.5 Å². The molecule has 1 N–H and O–H groups in total. The van der Waals surface area contributed by atoms with E-state index in [0.717, 1.165) is 21.8 Å². The van der Waals surface area contributed by atoms with Crippen molar-refractivity contribution in [3.8, 4) is 0 Å². The van der Waals surface area contributed by atoms with Gasteiger partial charge in [0.2, 0.25) is 11.8 Å². The van der Waals surface area contributed by atoms with Gasteiger partial charge >= 0.3 is 0 Å². The van der Waals surface area contributed by atoms with Gasteiger partial charge in [0.25, 0.3) is 0 Å². The van der Waals surface area contributed by atoms with Crippen molar-refractivity contribution in [2.75, 3.05) is 5.75 Å². The summed E-state index contributed by atoms with van der Waals surface area (Å²) >= 11 is 20.3. The third-order valence-electron chi connectivity index (χ3n) is 5.74. The molecule has 3 rings (SSSR count). The molecule has 1 unspecified atom stereocenters. The van der Waals surface area contributed by atoms with Gasteiger partial charge in [0.05, 0.1) is 0 Å². The minimum atomic E-state index is -0.709. The van der Waals surface area contributed by atoms with Crippen molar-refractivity contribution in [2.24, 2.45) is 0 Å². The van der Waals surface area contributed by atoms with Gasteiger partial charge in [-0.25, -0.2) is 0 Å². The smallest absolute Gasteiger partial charge is 0.243 e. The number of hydrogen-bond donors (Lipinski definition) is 1. The molecule has 0 aliphatic carbocycles. The number of rotatable bonds is 11. The van der Waals surface area contributed by atoms with Crippen molar-refractivity contribution in [2.45, 2.75) is 63.1 Å². The van der Waals surface area contributed by atoms with Crippen LogP contribution in [0.15, 0.2) is 77.7 Å². The number of nitrogens with one attached hydrogen (secondary N) is 1. The third-order valence-corrected chi connectivity index (χ3v) is 7.68. The van der Waals surface area contributed by atoms with Gasteiger partial charge in [-0.1, -0.05) is 71.2 Å². The molecule has 0 radical (unpaired) electrons. The number of carbonyl (C=O) groups excluding carboxylic acids is 2.